The van der Waals surface area contributed by atoms with Crippen molar-refractivity contribution in [3.63, 3.8) is 0 Å². The Hall–Kier alpha value is -1.97. The van der Waals surface area contributed by atoms with Crippen LogP contribution in [0.3, 0.4) is 0 Å². The number of azide groups is 1. The van der Waals surface area contributed by atoms with Crippen molar-refractivity contribution in [2.45, 2.75) is 63.8 Å². The molecule has 0 spiro atoms. The molecule has 1 unspecified atom stereocenters. The molecule has 0 aliphatic carbocycles. The maximum atomic E-state index is 12.8. The van der Waals surface area contributed by atoms with E-state index in [0.717, 1.165) is 3.57 Å². The predicted octanol–water partition coefficient (Wildman–Crippen LogP) is 4.51. The van der Waals surface area contributed by atoms with Gasteiger partial charge in [0.15, 0.2) is 14.0 Å². The molecule has 2 aromatic heterocycles. The van der Waals surface area contributed by atoms with Crippen molar-refractivity contribution in [3.05, 3.63) is 30.6 Å². The van der Waals surface area contributed by atoms with E-state index in [2.05, 4.69) is 81.4 Å². The summed E-state index contributed by atoms with van der Waals surface area (Å²) in [6, 6.07) is 0. The first-order valence-electron chi connectivity index (χ1n) is 11.3. The fourth-order valence-electron chi connectivity index (χ4n) is 3.41. The van der Waals surface area contributed by atoms with E-state index >= 15 is 0 Å². The van der Waals surface area contributed by atoms with Crippen molar-refractivity contribution in [2.24, 2.45) is 10.1 Å². The lowest BCUT2D eigenvalue weighted by Gasteiger charge is -2.37. The van der Waals surface area contributed by atoms with Crippen LogP contribution in [0.4, 0.5) is 5.95 Å². The lowest BCUT2D eigenvalue weighted by Crippen LogP contribution is -2.44. The van der Waals surface area contributed by atoms with Crippen molar-refractivity contribution in [2.75, 3.05) is 27.4 Å². The molecule has 3 rings (SSSR count). The van der Waals surface area contributed by atoms with E-state index in [9.17, 15) is 4.79 Å². The fourth-order valence-corrected chi connectivity index (χ4v) is 5.21. The van der Waals surface area contributed by atoms with E-state index in [-0.39, 0.29) is 35.5 Å². The van der Waals surface area contributed by atoms with Crippen LogP contribution in [0.1, 0.15) is 33.4 Å². The van der Waals surface area contributed by atoms with Crippen LogP contribution in [0.5, 0.6) is 0 Å². The molecule has 192 valence electrons. The van der Waals surface area contributed by atoms with Gasteiger partial charge >= 0.3 is 0 Å². The number of H-pyrrole nitrogens is 1. The summed E-state index contributed by atoms with van der Waals surface area (Å²) in [6.45, 7) is 11.2. The highest BCUT2D eigenvalue weighted by atomic mass is 127. The Morgan fingerprint density at radius 3 is 2.80 bits per heavy atom. The molecule has 0 bridgehead atoms. The highest BCUT2D eigenvalue weighted by Crippen LogP contribution is 2.39. The minimum Gasteiger partial charge on any atom is -0.414 e. The Labute approximate surface area is 218 Å². The summed E-state index contributed by atoms with van der Waals surface area (Å²) in [4.78, 5) is 28.8. The number of ether oxygens (including phenoxy) is 2. The van der Waals surface area contributed by atoms with Gasteiger partial charge in [-0.15, -0.1) is 0 Å². The first-order valence-corrected chi connectivity index (χ1v) is 15.3. The van der Waals surface area contributed by atoms with Gasteiger partial charge in [-0.1, -0.05) is 25.9 Å². The van der Waals surface area contributed by atoms with Gasteiger partial charge in [0.25, 0.3) is 5.56 Å². The third-order valence-electron chi connectivity index (χ3n) is 6.35. The second kappa shape index (κ2) is 11.0. The average Bonchev–Trinajstić information content (AvgIpc) is 3.31. The van der Waals surface area contributed by atoms with Crippen molar-refractivity contribution >= 4 is 54.2 Å². The Kier molecular flexibility index (Phi) is 8.65. The molecule has 12 nitrogen and oxygen atoms in total. The summed E-state index contributed by atoms with van der Waals surface area (Å²) in [5.74, 6) is 0.207. The smallest absolute Gasteiger partial charge is 0.262 e. The second-order valence-corrected chi connectivity index (χ2v) is 16.2. The minimum atomic E-state index is -2.02. The van der Waals surface area contributed by atoms with E-state index in [1.54, 1.807) is 11.2 Å². The largest absolute Gasteiger partial charge is 0.414 e. The van der Waals surface area contributed by atoms with Gasteiger partial charge < -0.3 is 23.4 Å². The minimum absolute atomic E-state index is 0.0492. The Morgan fingerprint density at radius 2 is 2.17 bits per heavy atom. The molecule has 0 saturated carbocycles. The summed E-state index contributed by atoms with van der Waals surface area (Å²) >= 11 is 2.12. The SMILES string of the molecule is CN(C)/C=N/c1nc2c(c(I)cn2[C@H]2CC(OCN=[N+]=[N-])[C@@H](CO[Si](C)(C)C(C)(C)C)O2)c(=O)[nH]1. The van der Waals surface area contributed by atoms with Crippen molar-refractivity contribution in [3.8, 4) is 0 Å². The predicted molar refractivity (Wildman–Crippen MR) is 145 cm³/mol. The Bertz CT molecular complexity index is 1180. The van der Waals surface area contributed by atoms with Crippen LogP contribution in [0.15, 0.2) is 21.1 Å². The number of fused-ring (bicyclic) bond motifs is 1. The standard InChI is InChI=1S/C21H33IN8O4Si/c1-21(2,3)35(6,7)33-10-15-14(32-12-25-28-23)8-16(34-15)30-9-13(22)17-18(30)26-20(27-19(17)31)24-11-29(4)5/h9,11,14-16H,8,10,12H2,1-7H3,(H,26,27,31)/b24-11+/t14?,15-,16-/m1/s1. The molecule has 0 radical (unpaired) electrons. The molecule has 0 aromatic carbocycles. The zero-order valence-corrected chi connectivity index (χ0v) is 24.3. The number of nitrogens with one attached hydrogen (secondary N) is 1. The van der Waals surface area contributed by atoms with E-state index < -0.39 is 14.5 Å². The van der Waals surface area contributed by atoms with Gasteiger partial charge in [0.2, 0.25) is 5.95 Å². The lowest BCUT2D eigenvalue weighted by atomic mass is 10.2. The molecule has 14 heteroatoms. The number of halogens is 1. The van der Waals surface area contributed by atoms with E-state index in [1.807, 2.05) is 24.9 Å². The summed E-state index contributed by atoms with van der Waals surface area (Å²) in [5, 5.41) is 4.04. The summed E-state index contributed by atoms with van der Waals surface area (Å²) in [7, 11) is 1.65. The van der Waals surface area contributed by atoms with Gasteiger partial charge in [0.1, 0.15) is 19.1 Å². The quantitative estimate of drug-likeness (QED) is 0.0836. The topological polar surface area (TPSA) is 143 Å². The van der Waals surface area contributed by atoms with Crippen LogP contribution < -0.4 is 5.56 Å². The normalized spacial score (nSPS) is 21.1. The van der Waals surface area contributed by atoms with Crippen LogP contribution in [0.2, 0.25) is 18.1 Å². The van der Waals surface area contributed by atoms with Gasteiger partial charge in [0, 0.05) is 35.2 Å². The van der Waals surface area contributed by atoms with Crippen LogP contribution in [0.25, 0.3) is 21.5 Å². The van der Waals surface area contributed by atoms with Gasteiger partial charge in [0.05, 0.1) is 24.4 Å². The molecule has 1 fully saturated rings. The second-order valence-electron chi connectivity index (χ2n) is 10.2. The monoisotopic (exact) mass is 616 g/mol. The molecule has 1 N–H and O–H groups in total. The Morgan fingerprint density at radius 1 is 1.46 bits per heavy atom. The van der Waals surface area contributed by atoms with Gasteiger partial charge in [-0.3, -0.25) is 9.78 Å². The van der Waals surface area contributed by atoms with Crippen LogP contribution in [0, 0.1) is 3.57 Å². The number of hydrogen-bond acceptors (Lipinski definition) is 7. The Balaban J connectivity index is 1.92. The zero-order valence-electron chi connectivity index (χ0n) is 21.1. The third kappa shape index (κ3) is 6.43. The van der Waals surface area contributed by atoms with Crippen LogP contribution >= 0.6 is 22.6 Å². The molecule has 2 aromatic rings. The fraction of sp³-hybridized carbons (Fsp3) is 0.667. The highest BCUT2D eigenvalue weighted by Gasteiger charge is 2.42. The number of hydrogen-bond donors (Lipinski definition) is 1. The van der Waals surface area contributed by atoms with E-state index in [4.69, 9.17) is 19.4 Å². The molecular weight excluding hydrogens is 583 g/mol. The molecule has 3 heterocycles. The van der Waals surface area contributed by atoms with Gasteiger partial charge in [-0.25, -0.2) is 4.99 Å². The first-order chi connectivity index (χ1) is 16.3. The third-order valence-corrected chi connectivity index (χ3v) is 11.7. The van der Waals surface area contributed by atoms with Crippen molar-refractivity contribution in [1.29, 1.82) is 0 Å². The molecule has 35 heavy (non-hydrogen) atoms. The van der Waals surface area contributed by atoms with Crippen LogP contribution in [-0.2, 0) is 13.9 Å². The number of aromatic nitrogens is 3. The molecule has 0 amide bonds. The number of aromatic amines is 1. The number of nitrogens with zero attached hydrogens (tertiary/aromatic N) is 7. The van der Waals surface area contributed by atoms with E-state index in [1.165, 1.54) is 0 Å². The maximum absolute atomic E-state index is 12.8. The zero-order chi connectivity index (χ0) is 26.0. The van der Waals surface area contributed by atoms with Gasteiger partial charge in [-0.05, 0) is 46.3 Å². The molecule has 1 aliphatic rings. The molecular formula is C21H33IN8O4Si. The van der Waals surface area contributed by atoms with Gasteiger partial charge in [-0.2, -0.15) is 4.98 Å². The summed E-state index contributed by atoms with van der Waals surface area (Å²) in [6.07, 6.45) is 2.74. The summed E-state index contributed by atoms with van der Waals surface area (Å²) < 4.78 is 21.3. The van der Waals surface area contributed by atoms with Crippen molar-refractivity contribution in [1.82, 2.24) is 19.4 Å². The highest BCUT2D eigenvalue weighted by molar-refractivity contribution is 14.1. The first kappa shape index (κ1) is 27.6. The average molecular weight is 617 g/mol. The van der Waals surface area contributed by atoms with Crippen molar-refractivity contribution < 1.29 is 13.9 Å². The number of rotatable bonds is 9. The maximum Gasteiger partial charge on any atom is 0.262 e. The molecule has 1 saturated heterocycles. The molecule has 1 aliphatic heterocycles. The van der Waals surface area contributed by atoms with E-state index in [0.29, 0.717) is 24.1 Å². The number of aliphatic imine (C=N–C) groups is 1. The lowest BCUT2D eigenvalue weighted by molar-refractivity contribution is -0.0568. The molecule has 3 atom stereocenters. The summed E-state index contributed by atoms with van der Waals surface area (Å²) in [5.41, 5.74) is 8.87. The van der Waals surface area contributed by atoms with Crippen LogP contribution in [-0.4, -0.2) is 73.7 Å².